The first-order valence-electron chi connectivity index (χ1n) is 9.38. The molecule has 0 radical (unpaired) electrons. The molecule has 150 valence electrons. The number of ether oxygens (including phenoxy) is 1. The fourth-order valence-corrected chi connectivity index (χ4v) is 3.70. The first-order chi connectivity index (χ1) is 14.4. The molecule has 5 heteroatoms. The van der Waals surface area contributed by atoms with Crippen molar-refractivity contribution in [1.82, 2.24) is 0 Å². The Bertz CT molecular complexity index is 1180. The van der Waals surface area contributed by atoms with Crippen molar-refractivity contribution in [1.29, 1.82) is 0 Å². The lowest BCUT2D eigenvalue weighted by Crippen LogP contribution is -1.97. The molecule has 1 aliphatic rings. The summed E-state index contributed by atoms with van der Waals surface area (Å²) < 4.78 is 19.6. The number of carbonyl (C=O) groups is 1. The van der Waals surface area contributed by atoms with Gasteiger partial charge in [-0.25, -0.2) is 4.39 Å². The largest absolute Gasteiger partial charge is 0.481 e. The molecule has 0 bridgehead atoms. The van der Waals surface area contributed by atoms with Gasteiger partial charge in [0.05, 0.1) is 6.42 Å². The Morgan fingerprint density at radius 3 is 2.27 bits per heavy atom. The minimum Gasteiger partial charge on any atom is -0.481 e. The first kappa shape index (κ1) is 19.9. The zero-order chi connectivity index (χ0) is 21.3. The number of hydrogen-bond donors (Lipinski definition) is 1. The Kier molecular flexibility index (Phi) is 5.42. The predicted molar refractivity (Wildman–Crippen MR) is 117 cm³/mol. The van der Waals surface area contributed by atoms with E-state index in [4.69, 9.17) is 16.3 Å². The van der Waals surface area contributed by atoms with Crippen LogP contribution < -0.4 is 4.74 Å². The number of rotatable bonds is 5. The Morgan fingerprint density at radius 2 is 1.63 bits per heavy atom. The number of carboxylic acid groups (broad SMARTS) is 1. The number of allylic oxidation sites excluding steroid dienone is 2. The maximum atomic E-state index is 13.8. The van der Waals surface area contributed by atoms with Gasteiger partial charge in [0.25, 0.3) is 0 Å². The summed E-state index contributed by atoms with van der Waals surface area (Å²) in [5.74, 6) is 0.0560. The van der Waals surface area contributed by atoms with E-state index in [1.807, 2.05) is 37.3 Å². The smallest absolute Gasteiger partial charge is 0.307 e. The molecule has 0 saturated heterocycles. The Hall–Kier alpha value is -3.37. The normalized spacial score (nSPS) is 14.2. The monoisotopic (exact) mass is 420 g/mol. The van der Waals surface area contributed by atoms with E-state index in [1.165, 1.54) is 12.1 Å². The maximum Gasteiger partial charge on any atom is 0.307 e. The highest BCUT2D eigenvalue weighted by Crippen LogP contribution is 2.43. The molecule has 3 nitrogen and oxygen atoms in total. The van der Waals surface area contributed by atoms with Gasteiger partial charge in [-0.1, -0.05) is 29.8 Å². The van der Waals surface area contributed by atoms with Crippen LogP contribution in [0.4, 0.5) is 4.39 Å². The van der Waals surface area contributed by atoms with E-state index < -0.39 is 5.97 Å². The number of aliphatic carboxylic acids is 1. The highest BCUT2D eigenvalue weighted by atomic mass is 35.5. The standard InChI is InChI=1S/C25H18ClFO3/c1-15-22(21-11-6-18(27)13-24(21)23(15)14-25(28)29)12-16-2-7-19(8-3-16)30-20-9-4-17(26)5-10-20/h2-13H,14H2,1H3,(H,28,29)/b22-12-. The van der Waals surface area contributed by atoms with Crippen LogP contribution in [0.2, 0.25) is 5.02 Å². The first-order valence-corrected chi connectivity index (χ1v) is 9.76. The fraction of sp³-hybridized carbons (Fsp3) is 0.0800. The SMILES string of the molecule is CC1=C(CC(=O)O)c2cc(F)ccc2/C1=C\c1ccc(Oc2ccc(Cl)cc2)cc1. The maximum absolute atomic E-state index is 13.8. The van der Waals surface area contributed by atoms with Crippen LogP contribution in [0.3, 0.4) is 0 Å². The minimum absolute atomic E-state index is 0.145. The molecule has 0 aromatic heterocycles. The van der Waals surface area contributed by atoms with Crippen LogP contribution in [-0.4, -0.2) is 11.1 Å². The Morgan fingerprint density at radius 1 is 1.00 bits per heavy atom. The lowest BCUT2D eigenvalue weighted by Gasteiger charge is -2.07. The zero-order valence-corrected chi connectivity index (χ0v) is 16.9. The van der Waals surface area contributed by atoms with Gasteiger partial charge >= 0.3 is 5.97 Å². The summed E-state index contributed by atoms with van der Waals surface area (Å²) in [4.78, 5) is 11.3. The van der Waals surface area contributed by atoms with E-state index in [9.17, 15) is 14.3 Å². The molecule has 0 fully saturated rings. The van der Waals surface area contributed by atoms with E-state index in [2.05, 4.69) is 0 Å². The number of fused-ring (bicyclic) bond motifs is 1. The van der Waals surface area contributed by atoms with Gasteiger partial charge in [0.15, 0.2) is 0 Å². The van der Waals surface area contributed by atoms with Gasteiger partial charge in [-0.05, 0) is 94.9 Å². The lowest BCUT2D eigenvalue weighted by molar-refractivity contribution is -0.135. The summed E-state index contributed by atoms with van der Waals surface area (Å²) in [5, 5.41) is 9.91. The van der Waals surface area contributed by atoms with Crippen molar-refractivity contribution in [3.63, 3.8) is 0 Å². The van der Waals surface area contributed by atoms with Crippen molar-refractivity contribution in [2.75, 3.05) is 0 Å². The summed E-state index contributed by atoms with van der Waals surface area (Å²) in [6.45, 7) is 1.88. The second-order valence-corrected chi connectivity index (χ2v) is 7.48. The van der Waals surface area contributed by atoms with Crippen LogP contribution >= 0.6 is 11.6 Å². The number of halogens is 2. The molecule has 1 N–H and O–H groups in total. The average Bonchev–Trinajstić information content (AvgIpc) is 2.96. The Labute approximate surface area is 178 Å². The molecule has 0 atom stereocenters. The lowest BCUT2D eigenvalue weighted by atomic mass is 10.0. The summed E-state index contributed by atoms with van der Waals surface area (Å²) in [6, 6.07) is 19.2. The third-order valence-electron chi connectivity index (χ3n) is 5.02. The second kappa shape index (κ2) is 8.17. The van der Waals surface area contributed by atoms with Gasteiger partial charge in [0, 0.05) is 5.02 Å². The fourth-order valence-electron chi connectivity index (χ4n) is 3.57. The van der Waals surface area contributed by atoms with Crippen LogP contribution in [0.25, 0.3) is 17.2 Å². The molecule has 3 aromatic rings. The van der Waals surface area contributed by atoms with Crippen molar-refractivity contribution in [3.8, 4) is 11.5 Å². The molecule has 3 aromatic carbocycles. The Balaban J connectivity index is 1.64. The molecule has 0 spiro atoms. The summed E-state index contributed by atoms with van der Waals surface area (Å²) in [7, 11) is 0. The van der Waals surface area contributed by atoms with Crippen molar-refractivity contribution in [2.24, 2.45) is 0 Å². The zero-order valence-electron chi connectivity index (χ0n) is 16.2. The quantitative estimate of drug-likeness (QED) is 0.480. The summed E-state index contributed by atoms with van der Waals surface area (Å²) in [5.41, 5.74) is 4.80. The predicted octanol–water partition coefficient (Wildman–Crippen LogP) is 7.07. The van der Waals surface area contributed by atoms with Gasteiger partial charge in [0.2, 0.25) is 0 Å². The highest BCUT2D eigenvalue weighted by Gasteiger charge is 2.25. The van der Waals surface area contributed by atoms with Crippen LogP contribution in [0.1, 0.15) is 30.0 Å². The van der Waals surface area contributed by atoms with Crippen LogP contribution in [-0.2, 0) is 4.79 Å². The molecule has 0 aliphatic heterocycles. The molecule has 0 unspecified atom stereocenters. The van der Waals surface area contributed by atoms with Gasteiger partial charge in [-0.3, -0.25) is 4.79 Å². The molecule has 0 heterocycles. The van der Waals surface area contributed by atoms with E-state index >= 15 is 0 Å². The molecule has 1 aliphatic carbocycles. The minimum atomic E-state index is -0.940. The topological polar surface area (TPSA) is 46.5 Å². The van der Waals surface area contributed by atoms with Crippen molar-refractivity contribution >= 4 is 34.8 Å². The van der Waals surface area contributed by atoms with Crippen molar-refractivity contribution in [2.45, 2.75) is 13.3 Å². The number of benzene rings is 3. The third kappa shape index (κ3) is 4.14. The van der Waals surface area contributed by atoms with Crippen LogP contribution in [0.15, 0.2) is 72.3 Å². The van der Waals surface area contributed by atoms with Crippen LogP contribution in [0, 0.1) is 5.82 Å². The molecule has 4 rings (SSSR count). The van der Waals surface area contributed by atoms with Gasteiger partial charge in [-0.2, -0.15) is 0 Å². The van der Waals surface area contributed by atoms with Crippen molar-refractivity contribution in [3.05, 3.63) is 99.8 Å². The molecule has 30 heavy (non-hydrogen) atoms. The highest BCUT2D eigenvalue weighted by molar-refractivity contribution is 6.30. The van der Waals surface area contributed by atoms with E-state index in [1.54, 1.807) is 30.3 Å². The van der Waals surface area contributed by atoms with Crippen LogP contribution in [0.5, 0.6) is 11.5 Å². The molecule has 0 saturated carbocycles. The molecule has 0 amide bonds. The molecular weight excluding hydrogens is 403 g/mol. The number of carboxylic acids is 1. The van der Waals surface area contributed by atoms with E-state index in [0.717, 1.165) is 22.3 Å². The van der Waals surface area contributed by atoms with E-state index in [0.29, 0.717) is 27.7 Å². The second-order valence-electron chi connectivity index (χ2n) is 7.05. The summed E-state index contributed by atoms with van der Waals surface area (Å²) in [6.07, 6.45) is 1.83. The third-order valence-corrected chi connectivity index (χ3v) is 5.27. The molecular formula is C25H18ClFO3. The van der Waals surface area contributed by atoms with Gasteiger partial charge in [-0.15, -0.1) is 0 Å². The van der Waals surface area contributed by atoms with Crippen molar-refractivity contribution < 1.29 is 19.0 Å². The van der Waals surface area contributed by atoms with Gasteiger partial charge in [0.1, 0.15) is 17.3 Å². The average molecular weight is 421 g/mol. The number of hydrogen-bond acceptors (Lipinski definition) is 2. The van der Waals surface area contributed by atoms with Gasteiger partial charge < -0.3 is 9.84 Å². The van der Waals surface area contributed by atoms with E-state index in [-0.39, 0.29) is 12.2 Å². The summed E-state index contributed by atoms with van der Waals surface area (Å²) >= 11 is 5.89.